The van der Waals surface area contributed by atoms with E-state index in [4.69, 9.17) is 9.47 Å². The summed E-state index contributed by atoms with van der Waals surface area (Å²) in [6.45, 7) is 3.40. The summed E-state index contributed by atoms with van der Waals surface area (Å²) in [5.41, 5.74) is 0.977. The molecule has 0 radical (unpaired) electrons. The molecule has 0 aliphatic heterocycles. The topological polar surface area (TPSA) is 63.6 Å². The third-order valence-corrected chi connectivity index (χ3v) is 3.73. The fraction of sp³-hybridized carbons (Fsp3) is 0.357. The lowest BCUT2D eigenvalue weighted by Gasteiger charge is -2.11. The van der Waals surface area contributed by atoms with Gasteiger partial charge < -0.3 is 19.9 Å². The van der Waals surface area contributed by atoms with E-state index in [2.05, 4.69) is 10.3 Å². The highest BCUT2D eigenvalue weighted by atomic mass is 32.1. The van der Waals surface area contributed by atoms with Crippen molar-refractivity contribution in [3.05, 3.63) is 33.8 Å². The fourth-order valence-electron chi connectivity index (χ4n) is 1.85. The lowest BCUT2D eigenvalue weighted by molar-refractivity contribution is 0.339. The number of hydrogen-bond acceptors (Lipinski definition) is 6. The number of nitrogens with zero attached hydrogens (tertiary/aromatic N) is 1. The molecule has 1 aromatic heterocycles. The number of thiazole rings is 1. The molecule has 0 saturated heterocycles. The van der Waals surface area contributed by atoms with Crippen molar-refractivity contribution in [2.45, 2.75) is 20.0 Å². The first kappa shape index (κ1) is 14.6. The van der Waals surface area contributed by atoms with Crippen molar-refractivity contribution in [2.75, 3.05) is 14.2 Å². The maximum absolute atomic E-state index is 9.84. The van der Waals surface area contributed by atoms with E-state index in [1.807, 2.05) is 13.1 Å². The highest BCUT2D eigenvalue weighted by Crippen LogP contribution is 2.37. The van der Waals surface area contributed by atoms with Gasteiger partial charge in [-0.15, -0.1) is 11.3 Å². The Labute approximate surface area is 122 Å². The molecule has 108 valence electrons. The summed E-state index contributed by atoms with van der Waals surface area (Å²) in [6.07, 6.45) is 1.87. The van der Waals surface area contributed by atoms with Crippen LogP contribution in [0, 0.1) is 6.92 Å². The minimum Gasteiger partial charge on any atom is -0.502 e. The van der Waals surface area contributed by atoms with Crippen molar-refractivity contribution < 1.29 is 14.6 Å². The number of benzene rings is 1. The number of ether oxygens (including phenoxy) is 2. The summed E-state index contributed by atoms with van der Waals surface area (Å²) in [7, 11) is 3.04. The molecule has 1 aromatic carbocycles. The Bertz CT molecular complexity index is 559. The number of phenolic OH excluding ortho intramolecular Hbond substituents is 1. The van der Waals surface area contributed by atoms with Crippen molar-refractivity contribution in [3.8, 4) is 17.2 Å². The molecule has 0 unspecified atom stereocenters. The third-order valence-electron chi connectivity index (χ3n) is 2.81. The van der Waals surface area contributed by atoms with Gasteiger partial charge in [-0.25, -0.2) is 4.98 Å². The van der Waals surface area contributed by atoms with E-state index in [-0.39, 0.29) is 5.75 Å². The maximum Gasteiger partial charge on any atom is 0.200 e. The van der Waals surface area contributed by atoms with Crippen molar-refractivity contribution in [2.24, 2.45) is 0 Å². The molecule has 0 amide bonds. The van der Waals surface area contributed by atoms with Crippen LogP contribution in [0.15, 0.2) is 18.3 Å². The third kappa shape index (κ3) is 3.40. The van der Waals surface area contributed by atoms with Crippen molar-refractivity contribution in [3.63, 3.8) is 0 Å². The van der Waals surface area contributed by atoms with E-state index < -0.39 is 0 Å². The van der Waals surface area contributed by atoms with Crippen LogP contribution in [-0.4, -0.2) is 24.3 Å². The van der Waals surface area contributed by atoms with E-state index in [1.165, 1.54) is 19.1 Å². The number of aryl methyl sites for hydroxylation is 1. The number of rotatable bonds is 6. The van der Waals surface area contributed by atoms with Crippen LogP contribution in [0.5, 0.6) is 17.2 Å². The monoisotopic (exact) mass is 294 g/mol. The molecule has 2 rings (SSSR count). The first-order valence-electron chi connectivity index (χ1n) is 6.20. The number of aromatic nitrogens is 1. The van der Waals surface area contributed by atoms with Gasteiger partial charge in [0.2, 0.25) is 5.75 Å². The molecule has 0 atom stereocenters. The number of hydrogen-bond donors (Lipinski definition) is 2. The molecular weight excluding hydrogens is 276 g/mol. The second kappa shape index (κ2) is 6.58. The smallest absolute Gasteiger partial charge is 0.200 e. The summed E-state index contributed by atoms with van der Waals surface area (Å²) < 4.78 is 10.3. The van der Waals surface area contributed by atoms with Crippen LogP contribution in [-0.2, 0) is 13.1 Å². The van der Waals surface area contributed by atoms with Gasteiger partial charge in [0.25, 0.3) is 0 Å². The van der Waals surface area contributed by atoms with Crippen LogP contribution in [0.4, 0.5) is 0 Å². The van der Waals surface area contributed by atoms with Gasteiger partial charge in [0.1, 0.15) is 5.01 Å². The average molecular weight is 294 g/mol. The SMILES string of the molecule is COc1cc(CNCc2ncc(C)s2)cc(OC)c1O. The first-order valence-corrected chi connectivity index (χ1v) is 7.01. The number of aromatic hydroxyl groups is 1. The normalized spacial score (nSPS) is 10.6. The van der Waals surface area contributed by atoms with Crippen LogP contribution in [0.3, 0.4) is 0 Å². The zero-order chi connectivity index (χ0) is 14.5. The zero-order valence-corrected chi connectivity index (χ0v) is 12.6. The van der Waals surface area contributed by atoms with Crippen LogP contribution in [0.1, 0.15) is 15.4 Å². The van der Waals surface area contributed by atoms with Crippen molar-refractivity contribution in [1.82, 2.24) is 10.3 Å². The summed E-state index contributed by atoms with van der Waals surface area (Å²) >= 11 is 1.68. The Balaban J connectivity index is 2.02. The average Bonchev–Trinajstić information content (AvgIpc) is 2.86. The standard InChI is InChI=1S/C14H18N2O3S/c1-9-6-16-13(20-9)8-15-7-10-4-11(18-2)14(17)12(5-10)19-3/h4-6,15,17H,7-8H2,1-3H3. The molecular formula is C14H18N2O3S. The molecule has 0 bridgehead atoms. The molecule has 20 heavy (non-hydrogen) atoms. The molecule has 5 nitrogen and oxygen atoms in total. The molecule has 0 aliphatic rings. The Morgan fingerprint density at radius 2 is 1.85 bits per heavy atom. The van der Waals surface area contributed by atoms with Gasteiger partial charge in [0.05, 0.1) is 14.2 Å². The number of nitrogens with one attached hydrogen (secondary N) is 1. The van der Waals surface area contributed by atoms with Gasteiger partial charge >= 0.3 is 0 Å². The molecule has 6 heteroatoms. The van der Waals surface area contributed by atoms with Crippen LogP contribution >= 0.6 is 11.3 Å². The molecule has 0 fully saturated rings. The van der Waals surface area contributed by atoms with E-state index in [1.54, 1.807) is 23.5 Å². The second-order valence-corrected chi connectivity index (χ2v) is 5.64. The van der Waals surface area contributed by atoms with Crippen molar-refractivity contribution >= 4 is 11.3 Å². The summed E-state index contributed by atoms with van der Waals surface area (Å²) in [5, 5.41) is 14.2. The van der Waals surface area contributed by atoms with Crippen molar-refractivity contribution in [1.29, 1.82) is 0 Å². The van der Waals surface area contributed by atoms with E-state index >= 15 is 0 Å². The van der Waals surface area contributed by atoms with Gasteiger partial charge in [0, 0.05) is 24.2 Å². The van der Waals surface area contributed by atoms with Gasteiger partial charge in [-0.1, -0.05) is 0 Å². The molecule has 0 saturated carbocycles. The quantitative estimate of drug-likeness (QED) is 0.857. The Morgan fingerprint density at radius 3 is 2.35 bits per heavy atom. The molecule has 2 aromatic rings. The predicted molar refractivity (Wildman–Crippen MR) is 78.6 cm³/mol. The highest BCUT2D eigenvalue weighted by molar-refractivity contribution is 7.11. The van der Waals surface area contributed by atoms with Crippen LogP contribution < -0.4 is 14.8 Å². The zero-order valence-electron chi connectivity index (χ0n) is 11.8. The Morgan fingerprint density at radius 1 is 1.20 bits per heavy atom. The summed E-state index contributed by atoms with van der Waals surface area (Å²) in [6, 6.07) is 3.58. The van der Waals surface area contributed by atoms with E-state index in [0.717, 1.165) is 10.6 Å². The van der Waals surface area contributed by atoms with E-state index in [0.29, 0.717) is 24.6 Å². The van der Waals surface area contributed by atoms with Gasteiger partial charge in [0.15, 0.2) is 11.5 Å². The molecule has 0 spiro atoms. The Kier molecular flexibility index (Phi) is 4.81. The number of phenols is 1. The minimum absolute atomic E-state index is 0.0225. The molecule has 2 N–H and O–H groups in total. The summed E-state index contributed by atoms with van der Waals surface area (Å²) in [5.74, 6) is 0.840. The lowest BCUT2D eigenvalue weighted by atomic mass is 10.2. The minimum atomic E-state index is 0.0225. The van der Waals surface area contributed by atoms with Crippen LogP contribution in [0.25, 0.3) is 0 Å². The van der Waals surface area contributed by atoms with Gasteiger partial charge in [-0.05, 0) is 24.6 Å². The molecule has 0 aliphatic carbocycles. The van der Waals surface area contributed by atoms with Gasteiger partial charge in [-0.2, -0.15) is 0 Å². The Hall–Kier alpha value is -1.79. The molecule has 1 heterocycles. The van der Waals surface area contributed by atoms with Crippen LogP contribution in [0.2, 0.25) is 0 Å². The number of methoxy groups -OCH3 is 2. The highest BCUT2D eigenvalue weighted by Gasteiger charge is 2.11. The predicted octanol–water partition coefficient (Wildman–Crippen LogP) is 2.46. The summed E-state index contributed by atoms with van der Waals surface area (Å²) in [4.78, 5) is 5.50. The van der Waals surface area contributed by atoms with E-state index in [9.17, 15) is 5.11 Å². The lowest BCUT2D eigenvalue weighted by Crippen LogP contribution is -2.12. The largest absolute Gasteiger partial charge is 0.502 e. The maximum atomic E-state index is 9.84. The first-order chi connectivity index (χ1) is 9.63. The van der Waals surface area contributed by atoms with Gasteiger partial charge in [-0.3, -0.25) is 0 Å². The fourth-order valence-corrected chi connectivity index (χ4v) is 2.60. The second-order valence-electron chi connectivity index (χ2n) is 4.32.